The van der Waals surface area contributed by atoms with Crippen molar-refractivity contribution in [3.63, 3.8) is 0 Å². The van der Waals surface area contributed by atoms with E-state index in [0.29, 0.717) is 0 Å². The van der Waals surface area contributed by atoms with Gasteiger partial charge in [0.1, 0.15) is 10.0 Å². The number of nitrogens with two attached hydrogens (primary N) is 1. The van der Waals surface area contributed by atoms with E-state index >= 15 is 0 Å². The van der Waals surface area contributed by atoms with Gasteiger partial charge in [0.25, 0.3) is 0 Å². The minimum atomic E-state index is -1.02. The molecule has 0 spiro atoms. The number of esters is 1. The molecule has 0 radical (unpaired) electrons. The van der Waals surface area contributed by atoms with Gasteiger partial charge in [0.2, 0.25) is 11.8 Å². The van der Waals surface area contributed by atoms with Crippen molar-refractivity contribution < 1.29 is 18.7 Å². The summed E-state index contributed by atoms with van der Waals surface area (Å²) in [5, 5.41) is -0.550. The minimum Gasteiger partial charge on any atom is -0.466 e. The van der Waals surface area contributed by atoms with E-state index in [9.17, 15) is 9.18 Å². The Balaban J connectivity index is 2.93. The highest BCUT2D eigenvalue weighted by Gasteiger charge is 2.17. The SMILES string of the molecule is COC(=O)COc1nc(F)c(Cl)c(N)c1Cl. The monoisotopic (exact) mass is 268 g/mol. The molecule has 1 aromatic heterocycles. The summed E-state index contributed by atoms with van der Waals surface area (Å²) in [6.45, 7) is -0.455. The third kappa shape index (κ3) is 2.65. The number of methoxy groups -OCH3 is 1. The van der Waals surface area contributed by atoms with Crippen LogP contribution in [0, 0.1) is 5.95 Å². The third-order valence-electron chi connectivity index (χ3n) is 1.60. The molecule has 0 aliphatic rings. The number of pyridine rings is 1. The lowest BCUT2D eigenvalue weighted by molar-refractivity contribution is -0.143. The highest BCUT2D eigenvalue weighted by molar-refractivity contribution is 6.39. The maximum absolute atomic E-state index is 13.0. The van der Waals surface area contributed by atoms with Crippen LogP contribution in [-0.4, -0.2) is 24.7 Å². The summed E-state index contributed by atoms with van der Waals surface area (Å²) in [6.07, 6.45) is 0. The maximum atomic E-state index is 13.0. The zero-order valence-electron chi connectivity index (χ0n) is 8.09. The number of nitrogen functional groups attached to an aromatic ring is 1. The molecule has 1 rings (SSSR count). The Morgan fingerprint density at radius 2 is 2.12 bits per heavy atom. The van der Waals surface area contributed by atoms with Crippen LogP contribution in [0.2, 0.25) is 10.0 Å². The van der Waals surface area contributed by atoms with Gasteiger partial charge < -0.3 is 15.2 Å². The summed E-state index contributed by atoms with van der Waals surface area (Å²) in [5.74, 6) is -2.00. The topological polar surface area (TPSA) is 74.4 Å². The number of halogens is 3. The van der Waals surface area contributed by atoms with Gasteiger partial charge >= 0.3 is 5.97 Å². The Hall–Kier alpha value is -1.27. The Bertz CT molecular complexity index is 428. The molecular weight excluding hydrogens is 262 g/mol. The first-order valence-electron chi connectivity index (χ1n) is 3.97. The number of aromatic nitrogens is 1. The van der Waals surface area contributed by atoms with E-state index in [2.05, 4.69) is 9.72 Å². The van der Waals surface area contributed by atoms with Crippen molar-refractivity contribution in [3.05, 3.63) is 16.0 Å². The van der Waals surface area contributed by atoms with Crippen LogP contribution >= 0.6 is 23.2 Å². The largest absolute Gasteiger partial charge is 0.466 e. The number of hydrogen-bond donors (Lipinski definition) is 1. The molecule has 16 heavy (non-hydrogen) atoms. The van der Waals surface area contributed by atoms with E-state index in [1.54, 1.807) is 0 Å². The Morgan fingerprint density at radius 3 is 2.69 bits per heavy atom. The fraction of sp³-hybridized carbons (Fsp3) is 0.250. The first-order valence-corrected chi connectivity index (χ1v) is 4.72. The zero-order valence-corrected chi connectivity index (χ0v) is 9.60. The van der Waals surface area contributed by atoms with Crippen molar-refractivity contribution in [2.45, 2.75) is 0 Å². The van der Waals surface area contributed by atoms with Crippen LogP contribution < -0.4 is 10.5 Å². The van der Waals surface area contributed by atoms with Gasteiger partial charge in [-0.1, -0.05) is 23.2 Å². The number of anilines is 1. The predicted octanol–water partition coefficient (Wildman–Crippen LogP) is 1.66. The van der Waals surface area contributed by atoms with Gasteiger partial charge in [-0.3, -0.25) is 0 Å². The highest BCUT2D eigenvalue weighted by Crippen LogP contribution is 2.35. The number of carbonyl (C=O) groups excluding carboxylic acids is 1. The summed E-state index contributed by atoms with van der Waals surface area (Å²) in [7, 11) is 1.18. The Morgan fingerprint density at radius 1 is 1.50 bits per heavy atom. The summed E-state index contributed by atoms with van der Waals surface area (Å²) < 4.78 is 22.2. The molecule has 0 aromatic carbocycles. The zero-order chi connectivity index (χ0) is 12.3. The van der Waals surface area contributed by atoms with Crippen LogP contribution in [0.4, 0.5) is 10.1 Å². The lowest BCUT2D eigenvalue weighted by Crippen LogP contribution is -2.14. The lowest BCUT2D eigenvalue weighted by atomic mass is 10.4. The van der Waals surface area contributed by atoms with Gasteiger partial charge in [-0.05, 0) is 0 Å². The number of ether oxygens (including phenoxy) is 2. The molecule has 2 N–H and O–H groups in total. The second-order valence-corrected chi connectivity index (χ2v) is 3.37. The smallest absolute Gasteiger partial charge is 0.343 e. The molecule has 0 aliphatic carbocycles. The number of hydrogen-bond acceptors (Lipinski definition) is 5. The maximum Gasteiger partial charge on any atom is 0.343 e. The van der Waals surface area contributed by atoms with Crippen molar-refractivity contribution in [3.8, 4) is 5.88 Å². The first-order chi connectivity index (χ1) is 7.47. The number of carbonyl (C=O) groups is 1. The molecule has 88 valence electrons. The molecule has 0 bridgehead atoms. The molecule has 8 heteroatoms. The molecule has 0 aliphatic heterocycles. The van der Waals surface area contributed by atoms with Gasteiger partial charge in [-0.2, -0.15) is 9.37 Å². The molecule has 0 atom stereocenters. The molecule has 1 aromatic rings. The summed E-state index contributed by atoms with van der Waals surface area (Å²) >= 11 is 11.1. The lowest BCUT2D eigenvalue weighted by Gasteiger charge is -2.08. The number of nitrogens with zero attached hydrogens (tertiary/aromatic N) is 1. The van der Waals surface area contributed by atoms with Gasteiger partial charge in [0, 0.05) is 0 Å². The van der Waals surface area contributed by atoms with Crippen LogP contribution in [0.5, 0.6) is 5.88 Å². The van der Waals surface area contributed by atoms with E-state index in [1.165, 1.54) is 7.11 Å². The fourth-order valence-electron chi connectivity index (χ4n) is 0.792. The molecule has 0 unspecified atom stereocenters. The van der Waals surface area contributed by atoms with Crippen LogP contribution in [0.3, 0.4) is 0 Å². The summed E-state index contributed by atoms with van der Waals surface area (Å²) in [4.78, 5) is 14.1. The molecule has 0 fully saturated rings. The van der Waals surface area contributed by atoms with Crippen LogP contribution in [0.1, 0.15) is 0 Å². The highest BCUT2D eigenvalue weighted by atomic mass is 35.5. The molecule has 5 nitrogen and oxygen atoms in total. The van der Waals surface area contributed by atoms with Crippen LogP contribution in [0.15, 0.2) is 0 Å². The number of rotatable bonds is 3. The Labute approximate surface area is 100 Å². The van der Waals surface area contributed by atoms with E-state index in [1.807, 2.05) is 0 Å². The van der Waals surface area contributed by atoms with Gasteiger partial charge in [0.05, 0.1) is 12.8 Å². The molecule has 0 saturated heterocycles. The second kappa shape index (κ2) is 5.18. The average Bonchev–Trinajstić information content (AvgIpc) is 2.28. The van der Waals surface area contributed by atoms with Gasteiger partial charge in [-0.15, -0.1) is 0 Å². The fourth-order valence-corrected chi connectivity index (χ4v) is 1.17. The normalized spacial score (nSPS) is 10.0. The van der Waals surface area contributed by atoms with E-state index in [0.717, 1.165) is 0 Å². The summed E-state index contributed by atoms with van der Waals surface area (Å²) in [6, 6.07) is 0. The van der Waals surface area contributed by atoms with Gasteiger partial charge in [0.15, 0.2) is 6.61 Å². The Kier molecular flexibility index (Phi) is 4.14. The quantitative estimate of drug-likeness (QED) is 0.667. The van der Waals surface area contributed by atoms with E-state index in [-0.39, 0.29) is 16.6 Å². The molecule has 1 heterocycles. The standard InChI is InChI=1S/C8H7Cl2FN2O3/c1-15-3(14)2-16-8-5(10)6(12)4(9)7(11)13-8/h2H2,1H3,(H2,12,13). The molecule has 0 amide bonds. The van der Waals surface area contributed by atoms with Crippen molar-refractivity contribution in [2.24, 2.45) is 0 Å². The van der Waals surface area contributed by atoms with Gasteiger partial charge in [-0.25, -0.2) is 4.79 Å². The van der Waals surface area contributed by atoms with E-state index in [4.69, 9.17) is 33.7 Å². The predicted molar refractivity (Wildman–Crippen MR) is 56.1 cm³/mol. The molecular formula is C8H7Cl2FN2O3. The van der Waals surface area contributed by atoms with Crippen molar-refractivity contribution >= 4 is 34.9 Å². The van der Waals surface area contributed by atoms with Crippen molar-refractivity contribution in [1.82, 2.24) is 4.98 Å². The minimum absolute atomic E-state index is 0.157. The second-order valence-electron chi connectivity index (χ2n) is 2.61. The van der Waals surface area contributed by atoms with Crippen molar-refractivity contribution in [2.75, 3.05) is 19.5 Å². The third-order valence-corrected chi connectivity index (χ3v) is 2.32. The molecule has 0 saturated carbocycles. The summed E-state index contributed by atoms with van der Waals surface area (Å²) in [5.41, 5.74) is 5.18. The van der Waals surface area contributed by atoms with Crippen LogP contribution in [-0.2, 0) is 9.53 Å². The van der Waals surface area contributed by atoms with Crippen LogP contribution in [0.25, 0.3) is 0 Å². The average molecular weight is 269 g/mol. The van der Waals surface area contributed by atoms with E-state index < -0.39 is 23.5 Å². The first kappa shape index (κ1) is 12.8. The van der Waals surface area contributed by atoms with Crippen molar-refractivity contribution in [1.29, 1.82) is 0 Å².